The van der Waals surface area contributed by atoms with Gasteiger partial charge in [-0.3, -0.25) is 0 Å². The number of nitrogens with one attached hydrogen (secondary N) is 3. The summed E-state index contributed by atoms with van der Waals surface area (Å²) in [6.45, 7) is 0.819. The van der Waals surface area contributed by atoms with Crippen LogP contribution in [0.25, 0.3) is 11.2 Å². The summed E-state index contributed by atoms with van der Waals surface area (Å²) in [7, 11) is 0. The summed E-state index contributed by atoms with van der Waals surface area (Å²) in [5.41, 5.74) is 4.18. The SMILES string of the molecule is c1ccc2c(c1)CCC(CNc1ncnc3nc[nH]c13)N2. The predicted molar refractivity (Wildman–Crippen MR) is 82.3 cm³/mol. The molecule has 0 fully saturated rings. The molecule has 6 heteroatoms. The highest BCUT2D eigenvalue weighted by molar-refractivity contribution is 5.81. The van der Waals surface area contributed by atoms with Crippen molar-refractivity contribution < 1.29 is 0 Å². The number of para-hydroxylation sites is 1. The lowest BCUT2D eigenvalue weighted by molar-refractivity contribution is 0.654. The van der Waals surface area contributed by atoms with Gasteiger partial charge in [0.1, 0.15) is 11.8 Å². The molecule has 0 spiro atoms. The summed E-state index contributed by atoms with van der Waals surface area (Å²) in [5, 5.41) is 6.97. The van der Waals surface area contributed by atoms with E-state index in [1.807, 2.05) is 0 Å². The molecule has 1 aliphatic rings. The highest BCUT2D eigenvalue weighted by Gasteiger charge is 2.17. The van der Waals surface area contributed by atoms with E-state index in [1.165, 1.54) is 17.6 Å². The van der Waals surface area contributed by atoms with Crippen LogP contribution in [0.2, 0.25) is 0 Å². The van der Waals surface area contributed by atoms with Gasteiger partial charge >= 0.3 is 0 Å². The minimum Gasteiger partial charge on any atom is -0.380 e. The van der Waals surface area contributed by atoms with Gasteiger partial charge in [0.15, 0.2) is 11.5 Å². The Morgan fingerprint density at radius 3 is 3.14 bits per heavy atom. The zero-order valence-electron chi connectivity index (χ0n) is 11.5. The topological polar surface area (TPSA) is 78.5 Å². The van der Waals surface area contributed by atoms with Crippen molar-refractivity contribution in [2.24, 2.45) is 0 Å². The van der Waals surface area contributed by atoms with Crippen LogP contribution < -0.4 is 10.6 Å². The highest BCUT2D eigenvalue weighted by Crippen LogP contribution is 2.24. The molecule has 1 unspecified atom stereocenters. The number of aromatic nitrogens is 4. The molecule has 3 heterocycles. The number of rotatable bonds is 3. The molecule has 3 aromatic rings. The Morgan fingerprint density at radius 1 is 1.19 bits per heavy atom. The average molecular weight is 280 g/mol. The van der Waals surface area contributed by atoms with Crippen molar-refractivity contribution in [3.8, 4) is 0 Å². The van der Waals surface area contributed by atoms with E-state index in [1.54, 1.807) is 6.33 Å². The lowest BCUT2D eigenvalue weighted by Crippen LogP contribution is -2.32. The lowest BCUT2D eigenvalue weighted by Gasteiger charge is -2.27. The minimum absolute atomic E-state index is 0.396. The number of hydrogen-bond acceptors (Lipinski definition) is 5. The third-order valence-electron chi connectivity index (χ3n) is 3.88. The van der Waals surface area contributed by atoms with Gasteiger partial charge in [-0.05, 0) is 24.5 Å². The molecule has 0 aliphatic carbocycles. The van der Waals surface area contributed by atoms with Crippen LogP contribution in [0.1, 0.15) is 12.0 Å². The van der Waals surface area contributed by atoms with Crippen LogP contribution in [0, 0.1) is 0 Å². The molecule has 2 aromatic heterocycles. The molecule has 0 bridgehead atoms. The lowest BCUT2D eigenvalue weighted by atomic mass is 9.98. The van der Waals surface area contributed by atoms with Crippen LogP contribution in [0.3, 0.4) is 0 Å². The number of aryl methyl sites for hydroxylation is 1. The van der Waals surface area contributed by atoms with E-state index < -0.39 is 0 Å². The zero-order valence-corrected chi connectivity index (χ0v) is 11.5. The molecule has 1 aliphatic heterocycles. The van der Waals surface area contributed by atoms with Gasteiger partial charge in [0, 0.05) is 18.3 Å². The van der Waals surface area contributed by atoms with Gasteiger partial charge in [-0.25, -0.2) is 15.0 Å². The number of anilines is 2. The van der Waals surface area contributed by atoms with Crippen molar-refractivity contribution >= 4 is 22.7 Å². The molecular formula is C15H16N6. The number of hydrogen-bond donors (Lipinski definition) is 3. The summed E-state index contributed by atoms with van der Waals surface area (Å²) in [5.74, 6) is 0.804. The highest BCUT2D eigenvalue weighted by atomic mass is 15.1. The molecule has 0 saturated carbocycles. The molecular weight excluding hydrogens is 264 g/mol. The first-order chi connectivity index (χ1) is 10.4. The van der Waals surface area contributed by atoms with Crippen molar-refractivity contribution in [3.63, 3.8) is 0 Å². The van der Waals surface area contributed by atoms with E-state index in [4.69, 9.17) is 0 Å². The molecule has 0 amide bonds. The predicted octanol–water partition coefficient (Wildman–Crippen LogP) is 2.19. The molecule has 6 nitrogen and oxygen atoms in total. The van der Waals surface area contributed by atoms with Crippen molar-refractivity contribution in [1.29, 1.82) is 0 Å². The molecule has 106 valence electrons. The number of nitrogens with zero attached hydrogens (tertiary/aromatic N) is 3. The summed E-state index contributed by atoms with van der Waals surface area (Å²) in [4.78, 5) is 15.6. The fraction of sp³-hybridized carbons (Fsp3) is 0.267. The first kappa shape index (κ1) is 12.1. The van der Waals surface area contributed by atoms with Crippen molar-refractivity contribution in [1.82, 2.24) is 19.9 Å². The van der Waals surface area contributed by atoms with Gasteiger partial charge in [0.05, 0.1) is 6.33 Å². The van der Waals surface area contributed by atoms with Gasteiger partial charge < -0.3 is 15.6 Å². The molecule has 0 radical (unpaired) electrons. The van der Waals surface area contributed by atoms with E-state index in [-0.39, 0.29) is 0 Å². The smallest absolute Gasteiger partial charge is 0.182 e. The maximum absolute atomic E-state index is 4.29. The first-order valence-corrected chi connectivity index (χ1v) is 7.12. The largest absolute Gasteiger partial charge is 0.380 e. The van der Waals surface area contributed by atoms with Crippen LogP contribution >= 0.6 is 0 Å². The van der Waals surface area contributed by atoms with Gasteiger partial charge in [0.2, 0.25) is 0 Å². The van der Waals surface area contributed by atoms with E-state index in [9.17, 15) is 0 Å². The maximum Gasteiger partial charge on any atom is 0.182 e. The average Bonchev–Trinajstić information content (AvgIpc) is 3.02. The number of H-pyrrole nitrogens is 1. The fourth-order valence-corrected chi connectivity index (χ4v) is 2.77. The fourth-order valence-electron chi connectivity index (χ4n) is 2.77. The Labute approximate surface area is 122 Å². The second-order valence-corrected chi connectivity index (χ2v) is 5.24. The molecule has 3 N–H and O–H groups in total. The number of fused-ring (bicyclic) bond motifs is 2. The quantitative estimate of drug-likeness (QED) is 0.685. The Hall–Kier alpha value is -2.63. The summed E-state index contributed by atoms with van der Waals surface area (Å²) in [6, 6.07) is 8.88. The summed E-state index contributed by atoms with van der Waals surface area (Å²) < 4.78 is 0. The molecule has 0 saturated heterocycles. The van der Waals surface area contributed by atoms with Gasteiger partial charge in [-0.1, -0.05) is 18.2 Å². The van der Waals surface area contributed by atoms with Gasteiger partial charge in [-0.15, -0.1) is 0 Å². The van der Waals surface area contributed by atoms with Crippen LogP contribution in [0.15, 0.2) is 36.9 Å². The molecule has 21 heavy (non-hydrogen) atoms. The van der Waals surface area contributed by atoms with Crippen LogP contribution in [-0.2, 0) is 6.42 Å². The van der Waals surface area contributed by atoms with E-state index >= 15 is 0 Å². The molecule has 1 atom stereocenters. The van der Waals surface area contributed by atoms with Crippen LogP contribution in [0.5, 0.6) is 0 Å². The van der Waals surface area contributed by atoms with E-state index in [0.29, 0.717) is 11.7 Å². The Morgan fingerprint density at radius 2 is 2.14 bits per heavy atom. The number of aromatic amines is 1. The molecule has 4 rings (SSSR count). The molecule has 1 aromatic carbocycles. The third kappa shape index (κ3) is 2.29. The van der Waals surface area contributed by atoms with Crippen LogP contribution in [-0.4, -0.2) is 32.5 Å². The monoisotopic (exact) mass is 280 g/mol. The second-order valence-electron chi connectivity index (χ2n) is 5.24. The Kier molecular flexibility index (Phi) is 2.92. The number of benzene rings is 1. The van der Waals surface area contributed by atoms with Crippen molar-refractivity contribution in [2.45, 2.75) is 18.9 Å². The number of imidazole rings is 1. The van der Waals surface area contributed by atoms with Crippen LogP contribution in [0.4, 0.5) is 11.5 Å². The summed E-state index contributed by atoms with van der Waals surface area (Å²) in [6.07, 6.45) is 5.40. The third-order valence-corrected chi connectivity index (χ3v) is 3.88. The normalized spacial score (nSPS) is 17.2. The van der Waals surface area contributed by atoms with Crippen molar-refractivity contribution in [3.05, 3.63) is 42.5 Å². The van der Waals surface area contributed by atoms with Crippen molar-refractivity contribution in [2.75, 3.05) is 17.2 Å². The minimum atomic E-state index is 0.396. The summed E-state index contributed by atoms with van der Waals surface area (Å²) >= 11 is 0. The van der Waals surface area contributed by atoms with E-state index in [0.717, 1.165) is 30.7 Å². The second kappa shape index (κ2) is 5.05. The first-order valence-electron chi connectivity index (χ1n) is 7.12. The Bertz CT molecular complexity index is 765. The van der Waals surface area contributed by atoms with Gasteiger partial charge in [-0.2, -0.15) is 0 Å². The van der Waals surface area contributed by atoms with Gasteiger partial charge in [0.25, 0.3) is 0 Å². The van der Waals surface area contributed by atoms with E-state index in [2.05, 4.69) is 54.8 Å². The standard InChI is InChI=1S/C15H16N6/c1-2-4-12-10(3-1)5-6-11(21-12)7-16-14-13-15(18-8-17-13)20-9-19-14/h1-4,8-9,11,21H,5-7H2,(H2,16,17,18,19,20). The zero-order chi connectivity index (χ0) is 14.1. The Balaban J connectivity index is 1.47. The maximum atomic E-state index is 4.29.